The van der Waals surface area contributed by atoms with Crippen LogP contribution in [0.5, 0.6) is 0 Å². The minimum Gasteiger partial charge on any atom is -0.498 e. The van der Waals surface area contributed by atoms with E-state index in [4.69, 9.17) is 21.7 Å². The number of hydrogen-bond acceptors (Lipinski definition) is 4. The summed E-state index contributed by atoms with van der Waals surface area (Å²) in [6, 6.07) is 0. The van der Waals surface area contributed by atoms with Gasteiger partial charge in [0.05, 0.1) is 18.2 Å². The first-order valence-electron chi connectivity index (χ1n) is 6.31. The number of hydrogen-bond donors (Lipinski definition) is 1. The predicted octanol–water partition coefficient (Wildman–Crippen LogP) is 1.89. The van der Waals surface area contributed by atoms with Gasteiger partial charge in [0.15, 0.2) is 0 Å². The second kappa shape index (κ2) is 6.50. The topological polar surface area (TPSA) is 41.9 Å². The van der Waals surface area contributed by atoms with Crippen molar-refractivity contribution in [1.29, 1.82) is 0 Å². The summed E-state index contributed by atoms with van der Waals surface area (Å²) in [6.07, 6.45) is 5.06. The summed E-state index contributed by atoms with van der Waals surface area (Å²) < 4.78 is 11.1. The smallest absolute Gasteiger partial charge is 0.147 e. The molecule has 1 aliphatic rings. The summed E-state index contributed by atoms with van der Waals surface area (Å²) in [4.78, 5) is 2.49. The highest BCUT2D eigenvalue weighted by molar-refractivity contribution is 7.80. The number of ether oxygens (including phenoxy) is 2. The highest BCUT2D eigenvalue weighted by atomic mass is 32.1. The molecule has 1 rings (SSSR count). The maximum absolute atomic E-state index is 10.9. The molecule has 0 radical (unpaired) electrons. The lowest BCUT2D eigenvalue weighted by Crippen LogP contribution is -2.48. The quantitative estimate of drug-likeness (QED) is 0.781. The maximum Gasteiger partial charge on any atom is 0.147 e. The molecule has 0 aromatic carbocycles. The normalized spacial score (nSPS) is 26.3. The molecule has 1 N–H and O–H groups in total. The molecule has 0 spiro atoms. The van der Waals surface area contributed by atoms with Gasteiger partial charge in [0, 0.05) is 20.5 Å². The molecular weight excluding hydrogens is 262 g/mol. The molecule has 0 fully saturated rings. The van der Waals surface area contributed by atoms with Crippen LogP contribution in [0, 0.1) is 0 Å². The molecule has 108 valence electrons. The van der Waals surface area contributed by atoms with Crippen molar-refractivity contribution in [2.75, 3.05) is 21.2 Å². The van der Waals surface area contributed by atoms with E-state index in [1.54, 1.807) is 25.3 Å². The fourth-order valence-corrected chi connectivity index (χ4v) is 2.15. The van der Waals surface area contributed by atoms with Gasteiger partial charge in [-0.25, -0.2) is 0 Å². The summed E-state index contributed by atoms with van der Waals surface area (Å²) in [5.41, 5.74) is -1.17. The Morgan fingerprint density at radius 1 is 1.53 bits per heavy atom. The van der Waals surface area contributed by atoms with Gasteiger partial charge in [-0.2, -0.15) is 0 Å². The molecule has 0 saturated heterocycles. The zero-order valence-corrected chi connectivity index (χ0v) is 13.0. The Morgan fingerprint density at radius 3 is 2.63 bits per heavy atom. The fourth-order valence-electron chi connectivity index (χ4n) is 1.91. The SMILES string of the molecule is COC1=CC=CC(O)(CC(=S)N(C)C)C1OC(C)C. The summed E-state index contributed by atoms with van der Waals surface area (Å²) in [6.45, 7) is 3.85. The summed E-state index contributed by atoms with van der Waals surface area (Å²) in [5.74, 6) is 0.611. The first kappa shape index (κ1) is 16.1. The Hall–Kier alpha value is -0.910. The highest BCUT2D eigenvalue weighted by Crippen LogP contribution is 2.31. The fraction of sp³-hybridized carbons (Fsp3) is 0.643. The third kappa shape index (κ3) is 4.03. The summed E-state index contributed by atoms with van der Waals surface area (Å²) >= 11 is 5.29. The van der Waals surface area contributed by atoms with Crippen molar-refractivity contribution in [3.05, 3.63) is 24.0 Å². The monoisotopic (exact) mass is 285 g/mol. The van der Waals surface area contributed by atoms with E-state index in [1.807, 2.05) is 32.8 Å². The molecule has 0 heterocycles. The van der Waals surface area contributed by atoms with E-state index in [1.165, 1.54) is 0 Å². The zero-order chi connectivity index (χ0) is 14.6. The second-order valence-corrected chi connectivity index (χ2v) is 5.62. The minimum absolute atomic E-state index is 0.0190. The Labute approximate surface area is 120 Å². The van der Waals surface area contributed by atoms with Crippen molar-refractivity contribution < 1.29 is 14.6 Å². The molecule has 5 heteroatoms. The lowest BCUT2D eigenvalue weighted by molar-refractivity contribution is -0.101. The van der Waals surface area contributed by atoms with Gasteiger partial charge in [0.25, 0.3) is 0 Å². The van der Waals surface area contributed by atoms with Crippen LogP contribution in [0.2, 0.25) is 0 Å². The number of nitrogens with zero attached hydrogens (tertiary/aromatic N) is 1. The van der Waals surface area contributed by atoms with Gasteiger partial charge in [-0.15, -0.1) is 0 Å². The van der Waals surface area contributed by atoms with Gasteiger partial charge in [0.2, 0.25) is 0 Å². The predicted molar refractivity (Wildman–Crippen MR) is 80.1 cm³/mol. The van der Waals surface area contributed by atoms with Crippen LogP contribution in [0.3, 0.4) is 0 Å². The molecule has 19 heavy (non-hydrogen) atoms. The minimum atomic E-state index is -1.17. The number of aliphatic hydroxyl groups is 1. The van der Waals surface area contributed by atoms with Crippen molar-refractivity contribution in [3.8, 4) is 0 Å². The molecule has 0 aromatic rings. The van der Waals surface area contributed by atoms with E-state index in [-0.39, 0.29) is 6.10 Å². The Morgan fingerprint density at radius 2 is 2.16 bits per heavy atom. The van der Waals surface area contributed by atoms with Crippen molar-refractivity contribution in [2.45, 2.75) is 38.1 Å². The van der Waals surface area contributed by atoms with E-state index >= 15 is 0 Å². The van der Waals surface area contributed by atoms with Crippen LogP contribution in [-0.2, 0) is 9.47 Å². The molecule has 2 unspecified atom stereocenters. The lowest BCUT2D eigenvalue weighted by atomic mass is 9.87. The Bertz CT molecular complexity index is 390. The van der Waals surface area contributed by atoms with Crippen LogP contribution in [0.1, 0.15) is 20.3 Å². The highest BCUT2D eigenvalue weighted by Gasteiger charge is 2.42. The van der Waals surface area contributed by atoms with E-state index < -0.39 is 11.7 Å². The largest absolute Gasteiger partial charge is 0.498 e. The molecule has 0 amide bonds. The molecule has 0 aliphatic heterocycles. The standard InChI is InChI=1S/C14H23NO3S/c1-10(2)18-13-11(17-5)7-6-8-14(13,16)9-12(19)15(3)4/h6-8,10,13,16H,9H2,1-5H3. The summed E-state index contributed by atoms with van der Waals surface area (Å²) in [5, 5.41) is 10.9. The van der Waals surface area contributed by atoms with Gasteiger partial charge in [-0.3, -0.25) is 0 Å². The van der Waals surface area contributed by atoms with Crippen LogP contribution in [0.25, 0.3) is 0 Å². The lowest BCUT2D eigenvalue weighted by Gasteiger charge is -2.38. The van der Waals surface area contributed by atoms with Crippen LogP contribution >= 0.6 is 12.2 Å². The van der Waals surface area contributed by atoms with Gasteiger partial charge in [-0.1, -0.05) is 18.3 Å². The molecule has 0 bridgehead atoms. The van der Waals surface area contributed by atoms with Gasteiger partial charge < -0.3 is 19.5 Å². The van der Waals surface area contributed by atoms with E-state index in [9.17, 15) is 5.11 Å². The van der Waals surface area contributed by atoms with Gasteiger partial charge in [-0.05, 0) is 26.0 Å². The van der Waals surface area contributed by atoms with Crippen LogP contribution in [-0.4, -0.2) is 54.0 Å². The Kier molecular flexibility index (Phi) is 5.52. The van der Waals surface area contributed by atoms with E-state index in [0.29, 0.717) is 17.2 Å². The van der Waals surface area contributed by atoms with Gasteiger partial charge >= 0.3 is 0 Å². The Balaban J connectivity index is 2.98. The van der Waals surface area contributed by atoms with Crippen molar-refractivity contribution in [3.63, 3.8) is 0 Å². The van der Waals surface area contributed by atoms with Crippen molar-refractivity contribution >= 4 is 17.2 Å². The summed E-state index contributed by atoms with van der Waals surface area (Å²) in [7, 11) is 5.31. The third-order valence-corrected chi connectivity index (χ3v) is 3.44. The average molecular weight is 285 g/mol. The first-order valence-corrected chi connectivity index (χ1v) is 6.72. The van der Waals surface area contributed by atoms with E-state index in [2.05, 4.69) is 0 Å². The molecular formula is C14H23NO3S. The first-order chi connectivity index (χ1) is 8.80. The molecule has 4 nitrogen and oxygen atoms in total. The average Bonchev–Trinajstić information content (AvgIpc) is 2.31. The maximum atomic E-state index is 10.9. The molecule has 0 saturated carbocycles. The number of rotatable bonds is 5. The van der Waals surface area contributed by atoms with Crippen LogP contribution in [0.4, 0.5) is 0 Å². The van der Waals surface area contributed by atoms with Crippen molar-refractivity contribution in [1.82, 2.24) is 4.90 Å². The molecule has 1 aliphatic carbocycles. The van der Waals surface area contributed by atoms with Crippen LogP contribution < -0.4 is 0 Å². The van der Waals surface area contributed by atoms with E-state index in [0.717, 1.165) is 0 Å². The molecule has 2 atom stereocenters. The van der Waals surface area contributed by atoms with Gasteiger partial charge in [0.1, 0.15) is 17.5 Å². The zero-order valence-electron chi connectivity index (χ0n) is 12.2. The number of allylic oxidation sites excluding steroid dienone is 2. The third-order valence-electron chi connectivity index (χ3n) is 2.93. The van der Waals surface area contributed by atoms with Crippen molar-refractivity contribution in [2.24, 2.45) is 0 Å². The number of methoxy groups -OCH3 is 1. The molecule has 0 aromatic heterocycles. The second-order valence-electron chi connectivity index (χ2n) is 5.15. The van der Waals surface area contributed by atoms with Crippen LogP contribution in [0.15, 0.2) is 24.0 Å². The number of thiocarbonyl (C=S) groups is 1.